The summed E-state index contributed by atoms with van der Waals surface area (Å²) in [6.45, 7) is 3.34. The average molecular weight is 219 g/mol. The Kier molecular flexibility index (Phi) is 3.88. The molecule has 0 heterocycles. The van der Waals surface area contributed by atoms with E-state index in [1.807, 2.05) is 0 Å². The molecule has 0 aromatic heterocycles. The minimum atomic E-state index is -1.28. The van der Waals surface area contributed by atoms with Crippen LogP contribution in [0.5, 0.6) is 0 Å². The molecule has 1 aromatic rings. The Morgan fingerprint density at radius 3 is 2.62 bits per heavy atom. The van der Waals surface area contributed by atoms with Crippen LogP contribution >= 0.6 is 0 Å². The molecule has 0 amide bonds. The minimum Gasteiger partial charge on any atom is -0.260 e. The molecule has 7 nitrogen and oxygen atoms in total. The Bertz CT molecular complexity index is 427. The number of anilines is 1. The van der Waals surface area contributed by atoms with Gasteiger partial charge in [0.05, 0.1) is 4.92 Å². The molecule has 0 fully saturated rings. The third kappa shape index (κ3) is 2.49. The number of hydrogen-bond donors (Lipinski definition) is 0. The topological polar surface area (TPSA) is 95.1 Å². The Morgan fingerprint density at radius 1 is 1.56 bits per heavy atom. The molecule has 0 bridgehead atoms. The van der Waals surface area contributed by atoms with E-state index in [-0.39, 0.29) is 0 Å². The predicted octanol–water partition coefficient (Wildman–Crippen LogP) is 2.51. The van der Waals surface area contributed by atoms with Crippen molar-refractivity contribution >= 4 is 5.69 Å². The summed E-state index contributed by atoms with van der Waals surface area (Å²) in [5, 5.41) is 15.0. The second-order valence-electron chi connectivity index (χ2n) is 2.79. The van der Waals surface area contributed by atoms with Crippen LogP contribution in [0, 0.1) is 10.1 Å². The van der Waals surface area contributed by atoms with Crippen molar-refractivity contribution in [1.29, 1.82) is 0 Å². The second-order valence-corrected chi connectivity index (χ2v) is 2.79. The number of nitro groups is 1. The van der Waals surface area contributed by atoms with Crippen molar-refractivity contribution in [2.24, 2.45) is 5.22 Å². The van der Waals surface area contributed by atoms with Gasteiger partial charge in [0.25, 0.3) is 0 Å². The van der Waals surface area contributed by atoms with Gasteiger partial charge in [-0.05, 0) is 17.4 Å². The van der Waals surface area contributed by atoms with E-state index >= 15 is 0 Å². The highest BCUT2D eigenvalue weighted by Gasteiger charge is 2.29. The molecule has 0 aliphatic heterocycles. The summed E-state index contributed by atoms with van der Waals surface area (Å²) in [5.74, 6) is 0. The zero-order chi connectivity index (χ0) is 12.0. The lowest BCUT2D eigenvalue weighted by Crippen LogP contribution is -2.35. The molecular formula is C9H9N5O2. The van der Waals surface area contributed by atoms with Crippen molar-refractivity contribution in [3.63, 3.8) is 0 Å². The molecule has 0 radical (unpaired) electrons. The summed E-state index contributed by atoms with van der Waals surface area (Å²) in [5.41, 5.74) is 8.82. The van der Waals surface area contributed by atoms with Crippen molar-refractivity contribution < 1.29 is 4.92 Å². The van der Waals surface area contributed by atoms with E-state index in [1.165, 1.54) is 0 Å². The summed E-state index contributed by atoms with van der Waals surface area (Å²) in [6, 6.07) is 8.35. The first-order valence-electron chi connectivity index (χ1n) is 4.36. The number of hydrogen-bond acceptors (Lipinski definition) is 3. The first-order chi connectivity index (χ1) is 7.70. The molecule has 0 spiro atoms. The van der Waals surface area contributed by atoms with Gasteiger partial charge in [-0.2, -0.15) is 4.91 Å². The Morgan fingerprint density at radius 2 is 2.19 bits per heavy atom. The predicted molar refractivity (Wildman–Crippen MR) is 59.0 cm³/mol. The molecule has 0 N–H and O–H groups in total. The van der Waals surface area contributed by atoms with Crippen molar-refractivity contribution in [3.8, 4) is 0 Å². The normalized spacial score (nSPS) is 11.0. The van der Waals surface area contributed by atoms with Crippen molar-refractivity contribution in [2.45, 2.75) is 6.17 Å². The van der Waals surface area contributed by atoms with Gasteiger partial charge in [-0.15, -0.1) is 10.5 Å². The number of para-hydroxylation sites is 1. The Hall–Kier alpha value is -2.53. The van der Waals surface area contributed by atoms with Gasteiger partial charge in [-0.1, -0.05) is 24.8 Å². The molecule has 0 saturated carbocycles. The SMILES string of the molecule is C=CC(N(N=[N+]=[N-])c1ccccc1)[N+](=O)[O-]. The van der Waals surface area contributed by atoms with Gasteiger partial charge in [-0.25, -0.2) is 0 Å². The van der Waals surface area contributed by atoms with Crippen LogP contribution in [0.3, 0.4) is 0 Å². The van der Waals surface area contributed by atoms with E-state index in [2.05, 4.69) is 16.7 Å². The van der Waals surface area contributed by atoms with Gasteiger partial charge in [-0.3, -0.25) is 10.1 Å². The van der Waals surface area contributed by atoms with Crippen LogP contribution in [-0.4, -0.2) is 11.1 Å². The fraction of sp³-hybridized carbons (Fsp3) is 0.111. The van der Waals surface area contributed by atoms with E-state index in [4.69, 9.17) is 5.53 Å². The quantitative estimate of drug-likeness (QED) is 0.145. The summed E-state index contributed by atoms with van der Waals surface area (Å²) in [4.78, 5) is 12.7. The van der Waals surface area contributed by atoms with Crippen LogP contribution in [0.1, 0.15) is 0 Å². The molecule has 1 rings (SSSR count). The summed E-state index contributed by atoms with van der Waals surface area (Å²) in [6.07, 6.45) is -0.180. The molecule has 0 aliphatic carbocycles. The number of nitrogens with zero attached hydrogens (tertiary/aromatic N) is 5. The molecule has 16 heavy (non-hydrogen) atoms. The van der Waals surface area contributed by atoms with Crippen LogP contribution in [-0.2, 0) is 0 Å². The first kappa shape index (κ1) is 11.5. The van der Waals surface area contributed by atoms with Crippen LogP contribution in [0.15, 0.2) is 48.2 Å². The fourth-order valence-electron chi connectivity index (χ4n) is 1.16. The number of benzene rings is 1. The van der Waals surface area contributed by atoms with Crippen molar-refractivity contribution in [1.82, 2.24) is 0 Å². The minimum absolute atomic E-state index is 0.432. The van der Waals surface area contributed by atoms with Crippen LogP contribution in [0.4, 0.5) is 5.69 Å². The Labute approximate surface area is 91.4 Å². The first-order valence-corrected chi connectivity index (χ1v) is 4.36. The summed E-state index contributed by atoms with van der Waals surface area (Å²) in [7, 11) is 0. The maximum Gasteiger partial charge on any atom is 0.373 e. The molecule has 1 atom stereocenters. The maximum absolute atomic E-state index is 10.7. The molecule has 0 saturated heterocycles. The van der Waals surface area contributed by atoms with Gasteiger partial charge in [0.2, 0.25) is 0 Å². The van der Waals surface area contributed by atoms with Crippen molar-refractivity contribution in [2.75, 3.05) is 5.01 Å². The number of rotatable bonds is 5. The third-order valence-electron chi connectivity index (χ3n) is 1.83. The van der Waals surface area contributed by atoms with Gasteiger partial charge < -0.3 is 0 Å². The average Bonchev–Trinajstić information content (AvgIpc) is 2.29. The molecule has 1 unspecified atom stereocenters. The van der Waals surface area contributed by atoms with E-state index in [1.54, 1.807) is 30.3 Å². The third-order valence-corrected chi connectivity index (χ3v) is 1.83. The molecule has 7 heteroatoms. The highest BCUT2D eigenvalue weighted by Crippen LogP contribution is 2.17. The lowest BCUT2D eigenvalue weighted by molar-refractivity contribution is -0.508. The standard InChI is InChI=1S/C9H9N5O2/c1-2-9(14(15)16)13(12-11-10)8-6-4-3-5-7-8/h2-7,9H,1H2. The highest BCUT2D eigenvalue weighted by molar-refractivity contribution is 5.46. The lowest BCUT2D eigenvalue weighted by Gasteiger charge is -2.14. The highest BCUT2D eigenvalue weighted by atomic mass is 16.6. The van der Waals surface area contributed by atoms with Gasteiger partial charge in [0, 0.05) is 6.08 Å². The van der Waals surface area contributed by atoms with Crippen molar-refractivity contribution in [3.05, 3.63) is 63.5 Å². The van der Waals surface area contributed by atoms with Gasteiger partial charge in [0.15, 0.2) is 0 Å². The lowest BCUT2D eigenvalue weighted by atomic mass is 10.3. The zero-order valence-corrected chi connectivity index (χ0v) is 8.30. The summed E-state index contributed by atoms with van der Waals surface area (Å²) >= 11 is 0. The molecule has 1 aromatic carbocycles. The van der Waals surface area contributed by atoms with E-state index in [9.17, 15) is 10.1 Å². The largest absolute Gasteiger partial charge is 0.373 e. The molecule has 82 valence electrons. The zero-order valence-electron chi connectivity index (χ0n) is 8.30. The second kappa shape index (κ2) is 5.38. The monoisotopic (exact) mass is 219 g/mol. The van der Waals surface area contributed by atoms with Gasteiger partial charge >= 0.3 is 6.17 Å². The smallest absolute Gasteiger partial charge is 0.260 e. The molecule has 0 aliphatic rings. The maximum atomic E-state index is 10.7. The van der Waals surface area contributed by atoms with E-state index in [0.29, 0.717) is 5.69 Å². The summed E-state index contributed by atoms with van der Waals surface area (Å²) < 4.78 is 0. The van der Waals surface area contributed by atoms with Crippen LogP contribution in [0.2, 0.25) is 0 Å². The number of azide groups is 1. The molecular weight excluding hydrogens is 210 g/mol. The fourth-order valence-corrected chi connectivity index (χ4v) is 1.16. The van der Waals surface area contributed by atoms with Gasteiger partial charge in [0.1, 0.15) is 5.69 Å². The van der Waals surface area contributed by atoms with Crippen LogP contribution in [0.25, 0.3) is 10.4 Å². The Balaban J connectivity index is 3.13. The van der Waals surface area contributed by atoms with E-state index in [0.717, 1.165) is 11.1 Å². The van der Waals surface area contributed by atoms with E-state index < -0.39 is 11.1 Å². The van der Waals surface area contributed by atoms with Crippen LogP contribution < -0.4 is 5.01 Å².